The molecule has 3 unspecified atom stereocenters. The molecule has 1 N–H and O–H groups in total. The van der Waals surface area contributed by atoms with Crippen LogP contribution in [-0.2, 0) is 14.3 Å². The van der Waals surface area contributed by atoms with E-state index in [0.29, 0.717) is 30.9 Å². The van der Waals surface area contributed by atoms with E-state index in [4.69, 9.17) is 4.74 Å². The summed E-state index contributed by atoms with van der Waals surface area (Å²) < 4.78 is 5.46. The van der Waals surface area contributed by atoms with E-state index in [0.717, 1.165) is 12.0 Å². The lowest BCUT2D eigenvalue weighted by atomic mass is 10.0. The van der Waals surface area contributed by atoms with Crippen molar-refractivity contribution in [3.8, 4) is 0 Å². The van der Waals surface area contributed by atoms with Gasteiger partial charge in [0.05, 0.1) is 6.10 Å². The van der Waals surface area contributed by atoms with Crippen molar-refractivity contribution in [2.24, 2.45) is 0 Å². The topological polar surface area (TPSA) is 75.7 Å². The number of likely N-dealkylation sites (tertiary alicyclic amines) is 1. The third-order valence-electron chi connectivity index (χ3n) is 5.42. The molecular formula is C21H28N2O4. The number of nitrogens with one attached hydrogen (secondary N) is 1. The molecule has 3 atom stereocenters. The second-order valence-electron chi connectivity index (χ2n) is 7.67. The third-order valence-corrected chi connectivity index (χ3v) is 5.42. The predicted molar refractivity (Wildman–Crippen MR) is 102 cm³/mol. The molecule has 0 aliphatic carbocycles. The van der Waals surface area contributed by atoms with Gasteiger partial charge < -0.3 is 15.0 Å². The molecule has 1 aromatic carbocycles. The van der Waals surface area contributed by atoms with Crippen LogP contribution in [0.1, 0.15) is 61.9 Å². The van der Waals surface area contributed by atoms with Crippen molar-refractivity contribution in [2.75, 3.05) is 13.2 Å². The standard InChI is InChI=1S/C21H28N2O4/c1-4-5-16(21(26)23-11-10-18-19(23)17(24)12-27-18)22-20(25)15-8-6-14(7-9-15)13(2)3/h6-9,13,16,18-19H,4-5,10-12H2,1-3H3,(H,22,25). The van der Waals surface area contributed by atoms with Crippen molar-refractivity contribution in [1.29, 1.82) is 0 Å². The van der Waals surface area contributed by atoms with E-state index < -0.39 is 12.1 Å². The highest BCUT2D eigenvalue weighted by Crippen LogP contribution is 2.28. The number of hydrogen-bond acceptors (Lipinski definition) is 4. The summed E-state index contributed by atoms with van der Waals surface area (Å²) in [5.41, 5.74) is 1.70. The molecule has 2 aliphatic heterocycles. The van der Waals surface area contributed by atoms with E-state index in [-0.39, 0.29) is 30.3 Å². The van der Waals surface area contributed by atoms with Gasteiger partial charge in [-0.25, -0.2) is 0 Å². The molecule has 0 spiro atoms. The number of fused-ring (bicyclic) bond motifs is 1. The minimum Gasteiger partial charge on any atom is -0.368 e. The van der Waals surface area contributed by atoms with Gasteiger partial charge in [-0.15, -0.1) is 0 Å². The molecule has 146 valence electrons. The van der Waals surface area contributed by atoms with Gasteiger partial charge in [-0.05, 0) is 36.5 Å². The Hall–Kier alpha value is -2.21. The second kappa shape index (κ2) is 8.21. The Balaban J connectivity index is 1.70. The molecule has 0 aromatic heterocycles. The zero-order valence-corrected chi connectivity index (χ0v) is 16.2. The van der Waals surface area contributed by atoms with Crippen LogP contribution in [-0.4, -0.2) is 53.8 Å². The largest absolute Gasteiger partial charge is 0.368 e. The van der Waals surface area contributed by atoms with Crippen LogP contribution in [0.25, 0.3) is 0 Å². The lowest BCUT2D eigenvalue weighted by Crippen LogP contribution is -2.52. The van der Waals surface area contributed by atoms with E-state index in [1.165, 1.54) is 0 Å². The Morgan fingerprint density at radius 3 is 2.59 bits per heavy atom. The van der Waals surface area contributed by atoms with Gasteiger partial charge in [0.25, 0.3) is 5.91 Å². The van der Waals surface area contributed by atoms with E-state index in [9.17, 15) is 14.4 Å². The van der Waals surface area contributed by atoms with Gasteiger partial charge in [0.2, 0.25) is 5.91 Å². The van der Waals surface area contributed by atoms with Crippen LogP contribution in [0.5, 0.6) is 0 Å². The van der Waals surface area contributed by atoms with E-state index >= 15 is 0 Å². The average molecular weight is 372 g/mol. The van der Waals surface area contributed by atoms with Gasteiger partial charge in [-0.2, -0.15) is 0 Å². The molecule has 2 amide bonds. The SMILES string of the molecule is CCCC(NC(=O)c1ccc(C(C)C)cc1)C(=O)N1CCC2OCC(=O)C21. The molecule has 1 aromatic rings. The summed E-state index contributed by atoms with van der Waals surface area (Å²) >= 11 is 0. The first-order chi connectivity index (χ1) is 12.9. The normalized spacial score (nSPS) is 22.8. The summed E-state index contributed by atoms with van der Waals surface area (Å²) in [7, 11) is 0. The van der Waals surface area contributed by atoms with Gasteiger partial charge in [0.1, 0.15) is 18.7 Å². The maximum Gasteiger partial charge on any atom is 0.251 e. The van der Waals surface area contributed by atoms with Crippen LogP contribution < -0.4 is 5.32 Å². The van der Waals surface area contributed by atoms with Gasteiger partial charge in [-0.3, -0.25) is 14.4 Å². The summed E-state index contributed by atoms with van der Waals surface area (Å²) in [5, 5.41) is 2.87. The smallest absolute Gasteiger partial charge is 0.251 e. The maximum absolute atomic E-state index is 13.0. The Morgan fingerprint density at radius 2 is 1.96 bits per heavy atom. The highest BCUT2D eigenvalue weighted by Gasteiger charge is 2.47. The molecule has 0 saturated carbocycles. The van der Waals surface area contributed by atoms with Crippen LogP contribution in [0.2, 0.25) is 0 Å². The van der Waals surface area contributed by atoms with Crippen LogP contribution >= 0.6 is 0 Å². The predicted octanol–water partition coefficient (Wildman–Crippen LogP) is 2.28. The Morgan fingerprint density at radius 1 is 1.26 bits per heavy atom. The number of hydrogen-bond donors (Lipinski definition) is 1. The quantitative estimate of drug-likeness (QED) is 0.831. The first-order valence-electron chi connectivity index (χ1n) is 9.78. The van der Waals surface area contributed by atoms with E-state index in [1.54, 1.807) is 17.0 Å². The zero-order chi connectivity index (χ0) is 19.6. The summed E-state index contributed by atoms with van der Waals surface area (Å²) in [4.78, 5) is 39.4. The monoisotopic (exact) mass is 372 g/mol. The molecule has 3 rings (SSSR count). The molecule has 0 bridgehead atoms. The Bertz CT molecular complexity index is 713. The number of carbonyl (C=O) groups excluding carboxylic acids is 3. The van der Waals surface area contributed by atoms with Crippen molar-refractivity contribution in [2.45, 2.75) is 64.1 Å². The summed E-state index contributed by atoms with van der Waals surface area (Å²) in [5.74, 6) is -0.0975. The number of rotatable bonds is 6. The Labute approximate surface area is 160 Å². The minimum atomic E-state index is -0.626. The molecule has 0 radical (unpaired) electrons. The molecule has 2 fully saturated rings. The number of ketones is 1. The number of carbonyl (C=O) groups is 3. The fourth-order valence-electron chi connectivity index (χ4n) is 3.85. The summed E-state index contributed by atoms with van der Waals surface area (Å²) in [6, 6.07) is 6.35. The molecule has 2 aliphatic rings. The summed E-state index contributed by atoms with van der Waals surface area (Å²) in [6.07, 6.45) is 1.78. The first-order valence-corrected chi connectivity index (χ1v) is 9.78. The molecule has 6 nitrogen and oxygen atoms in total. The number of nitrogens with zero attached hydrogens (tertiary/aromatic N) is 1. The molecular weight excluding hydrogens is 344 g/mol. The second-order valence-corrected chi connectivity index (χ2v) is 7.67. The van der Waals surface area contributed by atoms with Crippen LogP contribution in [0.15, 0.2) is 24.3 Å². The number of amides is 2. The fraction of sp³-hybridized carbons (Fsp3) is 0.571. The zero-order valence-electron chi connectivity index (χ0n) is 16.2. The fourth-order valence-corrected chi connectivity index (χ4v) is 3.85. The maximum atomic E-state index is 13.0. The van der Waals surface area contributed by atoms with Crippen molar-refractivity contribution < 1.29 is 19.1 Å². The number of benzene rings is 1. The molecule has 2 heterocycles. The first kappa shape index (κ1) is 19.5. The van der Waals surface area contributed by atoms with Crippen molar-refractivity contribution in [1.82, 2.24) is 10.2 Å². The van der Waals surface area contributed by atoms with Crippen LogP contribution in [0.3, 0.4) is 0 Å². The van der Waals surface area contributed by atoms with Crippen molar-refractivity contribution in [3.05, 3.63) is 35.4 Å². The lowest BCUT2D eigenvalue weighted by Gasteiger charge is -2.27. The highest BCUT2D eigenvalue weighted by atomic mass is 16.5. The number of ether oxygens (including phenoxy) is 1. The Kier molecular flexibility index (Phi) is 5.95. The lowest BCUT2D eigenvalue weighted by molar-refractivity contribution is -0.138. The van der Waals surface area contributed by atoms with Gasteiger partial charge in [0, 0.05) is 12.1 Å². The minimum absolute atomic E-state index is 0.0447. The van der Waals surface area contributed by atoms with Crippen molar-refractivity contribution in [3.63, 3.8) is 0 Å². The van der Waals surface area contributed by atoms with Crippen LogP contribution in [0.4, 0.5) is 0 Å². The third kappa shape index (κ3) is 4.05. The van der Waals surface area contributed by atoms with Gasteiger partial charge in [0.15, 0.2) is 5.78 Å². The van der Waals surface area contributed by atoms with Gasteiger partial charge in [-0.1, -0.05) is 39.3 Å². The van der Waals surface area contributed by atoms with E-state index in [1.807, 2.05) is 19.1 Å². The van der Waals surface area contributed by atoms with E-state index in [2.05, 4.69) is 19.2 Å². The van der Waals surface area contributed by atoms with Gasteiger partial charge >= 0.3 is 0 Å². The molecule has 6 heteroatoms. The van der Waals surface area contributed by atoms with Crippen molar-refractivity contribution >= 4 is 17.6 Å². The average Bonchev–Trinajstić information content (AvgIpc) is 3.24. The molecule has 27 heavy (non-hydrogen) atoms. The highest BCUT2D eigenvalue weighted by molar-refractivity contribution is 5.99. The van der Waals surface area contributed by atoms with Crippen LogP contribution in [0, 0.1) is 0 Å². The summed E-state index contributed by atoms with van der Waals surface area (Å²) in [6.45, 7) is 6.75. The molecule has 2 saturated heterocycles. The number of Topliss-reactive ketones (excluding diaryl/α,β-unsaturated/α-hetero) is 1.